The van der Waals surface area contributed by atoms with Crippen LogP contribution in [0.15, 0.2) is 45.7 Å². The van der Waals surface area contributed by atoms with Crippen molar-refractivity contribution >= 4 is 32.9 Å². The summed E-state index contributed by atoms with van der Waals surface area (Å²) in [6, 6.07) is 6.90. The molecule has 3 aliphatic rings. The number of hydrogen-bond donors (Lipinski definition) is 0. The highest BCUT2D eigenvalue weighted by Gasteiger charge is 2.46. The van der Waals surface area contributed by atoms with Crippen LogP contribution in [-0.4, -0.2) is 67.0 Å². The molecule has 0 unspecified atom stereocenters. The molecule has 7 rings (SSSR count). The first-order valence-corrected chi connectivity index (χ1v) is 14.0. The lowest BCUT2D eigenvalue weighted by molar-refractivity contribution is -0.0522. The number of benzene rings is 1. The summed E-state index contributed by atoms with van der Waals surface area (Å²) in [5.41, 5.74) is 2.71. The highest BCUT2D eigenvalue weighted by atomic mass is 79.9. The van der Waals surface area contributed by atoms with E-state index in [0.29, 0.717) is 52.9 Å². The molecular weight excluding hydrogens is 569 g/mol. The van der Waals surface area contributed by atoms with Gasteiger partial charge in [-0.25, -0.2) is 14.1 Å². The Hall–Kier alpha value is -3.38. The molecule has 2 aliphatic heterocycles. The van der Waals surface area contributed by atoms with Gasteiger partial charge in [-0.2, -0.15) is 0 Å². The number of carbonyl (C=O) groups excluding carboxylic acids is 1. The molecule has 5 heterocycles. The Morgan fingerprint density at radius 1 is 1.23 bits per heavy atom. The molecule has 0 N–H and O–H groups in total. The second kappa shape index (κ2) is 9.67. The average molecular weight is 596 g/mol. The SMILES string of the molecule is O=C(c1ccon1)N1CCCC2(CN(Cc3cc(F)cnc3Oc3ccc4c(nnn4CC4CC4)c3Br)C2)C1. The number of carbonyl (C=O) groups is 1. The maximum Gasteiger partial charge on any atom is 0.276 e. The molecule has 12 heteroatoms. The van der Waals surface area contributed by atoms with Crippen LogP contribution in [0, 0.1) is 17.2 Å². The van der Waals surface area contributed by atoms with Crippen molar-refractivity contribution in [3.8, 4) is 11.6 Å². The summed E-state index contributed by atoms with van der Waals surface area (Å²) in [4.78, 5) is 21.2. The normalized spacial score (nSPS) is 19.0. The van der Waals surface area contributed by atoms with E-state index in [4.69, 9.17) is 9.26 Å². The number of halogens is 2. The standard InChI is InChI=1S/C27H27BrFN7O3/c28-23-22(5-4-21-24(23)31-33-36(21)12-17-2-3-17)39-25-18(10-19(29)11-30-25)13-34-14-27(15-34)7-1-8-35(16-27)26(37)20-6-9-38-32-20/h4-6,9-11,17H,1-3,7-8,12-16H2. The Morgan fingerprint density at radius 3 is 2.90 bits per heavy atom. The highest BCUT2D eigenvalue weighted by Crippen LogP contribution is 2.41. The van der Waals surface area contributed by atoms with Crippen LogP contribution < -0.4 is 4.74 Å². The minimum Gasteiger partial charge on any atom is -0.437 e. The molecule has 1 aromatic carbocycles. The molecule has 39 heavy (non-hydrogen) atoms. The Labute approximate surface area is 232 Å². The predicted octanol–water partition coefficient (Wildman–Crippen LogP) is 4.66. The molecule has 0 atom stereocenters. The van der Waals surface area contributed by atoms with E-state index in [1.54, 1.807) is 6.07 Å². The van der Waals surface area contributed by atoms with E-state index in [-0.39, 0.29) is 11.3 Å². The van der Waals surface area contributed by atoms with Crippen molar-refractivity contribution in [2.75, 3.05) is 26.2 Å². The lowest BCUT2D eigenvalue weighted by Gasteiger charge is -2.54. The summed E-state index contributed by atoms with van der Waals surface area (Å²) >= 11 is 3.63. The number of piperidine rings is 1. The van der Waals surface area contributed by atoms with Gasteiger partial charge in [-0.15, -0.1) is 5.10 Å². The molecule has 0 radical (unpaired) electrons. The van der Waals surface area contributed by atoms with Crippen LogP contribution in [0.25, 0.3) is 11.0 Å². The number of rotatable bonds is 7. The number of hydrogen-bond acceptors (Lipinski definition) is 8. The van der Waals surface area contributed by atoms with Gasteiger partial charge < -0.3 is 14.2 Å². The molecule has 10 nitrogen and oxygen atoms in total. The molecule has 1 spiro atoms. The quantitative estimate of drug-likeness (QED) is 0.304. The van der Waals surface area contributed by atoms with Crippen molar-refractivity contribution in [3.63, 3.8) is 0 Å². The number of nitrogens with zero attached hydrogens (tertiary/aromatic N) is 7. The number of pyridine rings is 1. The zero-order valence-electron chi connectivity index (χ0n) is 21.2. The van der Waals surface area contributed by atoms with E-state index in [1.807, 2.05) is 21.7 Å². The van der Waals surface area contributed by atoms with E-state index in [0.717, 1.165) is 43.5 Å². The molecule has 4 aromatic rings. The lowest BCUT2D eigenvalue weighted by atomic mass is 9.73. The van der Waals surface area contributed by atoms with Gasteiger partial charge >= 0.3 is 0 Å². The largest absolute Gasteiger partial charge is 0.437 e. The average Bonchev–Trinajstić information content (AvgIpc) is 3.38. The molecule has 1 saturated carbocycles. The number of fused-ring (bicyclic) bond motifs is 1. The molecule has 3 fully saturated rings. The van der Waals surface area contributed by atoms with Gasteiger partial charge in [0.1, 0.15) is 23.3 Å². The molecular formula is C27H27BrFN7O3. The van der Waals surface area contributed by atoms with Crippen molar-refractivity contribution in [2.24, 2.45) is 11.3 Å². The fourth-order valence-electron chi connectivity index (χ4n) is 5.90. The topological polar surface area (TPSA) is 102 Å². The van der Waals surface area contributed by atoms with E-state index < -0.39 is 5.82 Å². The van der Waals surface area contributed by atoms with Gasteiger partial charge in [-0.1, -0.05) is 10.4 Å². The smallest absolute Gasteiger partial charge is 0.276 e. The van der Waals surface area contributed by atoms with Crippen LogP contribution in [-0.2, 0) is 13.1 Å². The van der Waals surface area contributed by atoms with E-state index in [1.165, 1.54) is 31.4 Å². The van der Waals surface area contributed by atoms with Gasteiger partial charge in [0.05, 0.1) is 16.2 Å². The summed E-state index contributed by atoms with van der Waals surface area (Å²) < 4.78 is 27.9. The number of aromatic nitrogens is 5. The van der Waals surface area contributed by atoms with Crippen LogP contribution in [0.2, 0.25) is 0 Å². The first-order valence-electron chi connectivity index (χ1n) is 13.2. The van der Waals surface area contributed by atoms with Gasteiger partial charge in [-0.05, 0) is 65.7 Å². The minimum absolute atomic E-state index is 0.0276. The molecule has 3 aromatic heterocycles. The first-order chi connectivity index (χ1) is 19.0. The Kier molecular flexibility index (Phi) is 6.11. The Morgan fingerprint density at radius 2 is 2.10 bits per heavy atom. The summed E-state index contributed by atoms with van der Waals surface area (Å²) in [7, 11) is 0. The lowest BCUT2D eigenvalue weighted by Crippen LogP contribution is -2.63. The summed E-state index contributed by atoms with van der Waals surface area (Å²) in [5.74, 6) is 1.08. The van der Waals surface area contributed by atoms with Crippen molar-refractivity contribution in [1.29, 1.82) is 0 Å². The van der Waals surface area contributed by atoms with Crippen LogP contribution >= 0.6 is 15.9 Å². The van der Waals surface area contributed by atoms with E-state index in [2.05, 4.69) is 41.3 Å². The summed E-state index contributed by atoms with van der Waals surface area (Å²) in [6.45, 7) is 4.38. The van der Waals surface area contributed by atoms with Crippen LogP contribution in [0.1, 0.15) is 41.7 Å². The molecule has 1 aliphatic carbocycles. The van der Waals surface area contributed by atoms with Gasteiger partial charge in [0, 0.05) is 56.3 Å². The van der Waals surface area contributed by atoms with Crippen molar-refractivity contribution < 1.29 is 18.4 Å². The van der Waals surface area contributed by atoms with Gasteiger partial charge in [0.15, 0.2) is 5.69 Å². The second-order valence-corrected chi connectivity index (χ2v) is 11.8. The third-order valence-electron chi connectivity index (χ3n) is 7.93. The van der Waals surface area contributed by atoms with Crippen LogP contribution in [0.5, 0.6) is 11.6 Å². The molecule has 1 amide bonds. The molecule has 2 saturated heterocycles. The zero-order valence-corrected chi connectivity index (χ0v) is 22.8. The fourth-order valence-corrected chi connectivity index (χ4v) is 6.40. The highest BCUT2D eigenvalue weighted by molar-refractivity contribution is 9.10. The summed E-state index contributed by atoms with van der Waals surface area (Å²) in [5, 5.41) is 12.5. The van der Waals surface area contributed by atoms with Crippen molar-refractivity contribution in [2.45, 2.75) is 38.8 Å². The van der Waals surface area contributed by atoms with E-state index >= 15 is 0 Å². The van der Waals surface area contributed by atoms with Crippen LogP contribution in [0.4, 0.5) is 4.39 Å². The maximum absolute atomic E-state index is 14.3. The monoisotopic (exact) mass is 595 g/mol. The number of ether oxygens (including phenoxy) is 1. The van der Waals surface area contributed by atoms with Gasteiger partial charge in [0.2, 0.25) is 5.88 Å². The van der Waals surface area contributed by atoms with Gasteiger partial charge in [0.25, 0.3) is 5.91 Å². The Bertz CT molecular complexity index is 1530. The molecule has 0 bridgehead atoms. The van der Waals surface area contributed by atoms with E-state index in [9.17, 15) is 9.18 Å². The van der Waals surface area contributed by atoms with Crippen molar-refractivity contribution in [1.82, 2.24) is 34.9 Å². The zero-order chi connectivity index (χ0) is 26.6. The summed E-state index contributed by atoms with van der Waals surface area (Å²) in [6.07, 6.45) is 7.05. The number of likely N-dealkylation sites (tertiary alicyclic amines) is 2. The third kappa shape index (κ3) is 4.80. The van der Waals surface area contributed by atoms with Crippen molar-refractivity contribution in [3.05, 3.63) is 58.3 Å². The number of amides is 1. The minimum atomic E-state index is -0.410. The fraction of sp³-hybridized carbons (Fsp3) is 0.444. The second-order valence-electron chi connectivity index (χ2n) is 11.0. The Balaban J connectivity index is 1.05. The van der Waals surface area contributed by atoms with Crippen LogP contribution in [0.3, 0.4) is 0 Å². The predicted molar refractivity (Wildman–Crippen MR) is 142 cm³/mol. The first kappa shape index (κ1) is 24.6. The third-order valence-corrected chi connectivity index (χ3v) is 8.70. The molecule has 202 valence electrons. The van der Waals surface area contributed by atoms with Gasteiger partial charge in [-0.3, -0.25) is 9.69 Å². The maximum atomic E-state index is 14.3.